The first-order chi connectivity index (χ1) is 13.4. The Bertz CT molecular complexity index is 765. The van der Waals surface area contributed by atoms with Crippen LogP contribution in [0.5, 0.6) is 0 Å². The van der Waals surface area contributed by atoms with Gasteiger partial charge in [0.25, 0.3) is 0 Å². The van der Waals surface area contributed by atoms with E-state index < -0.39 is 0 Å². The van der Waals surface area contributed by atoms with E-state index in [1.165, 1.54) is 11.1 Å². The maximum atomic E-state index is 5.17. The van der Waals surface area contributed by atoms with Crippen LogP contribution in [-0.2, 0) is 23.2 Å². The zero-order chi connectivity index (χ0) is 20.6. The van der Waals surface area contributed by atoms with Gasteiger partial charge in [0.2, 0.25) is 0 Å². The minimum absolute atomic E-state index is 0.00826. The van der Waals surface area contributed by atoms with Crippen molar-refractivity contribution >= 4 is 5.96 Å². The van der Waals surface area contributed by atoms with E-state index in [1.807, 2.05) is 11.6 Å². The number of hydrogen-bond acceptors (Lipinski definition) is 3. The lowest BCUT2D eigenvalue weighted by Gasteiger charge is -2.26. The number of rotatable bonds is 9. The van der Waals surface area contributed by atoms with Crippen molar-refractivity contribution in [2.24, 2.45) is 4.99 Å². The SMILES string of the molecule is CCNC(=NCc1c(C)nn(CCOC)c1C)NCC(C)(C)c1ccccc1. The van der Waals surface area contributed by atoms with Gasteiger partial charge >= 0.3 is 0 Å². The van der Waals surface area contributed by atoms with Crippen LogP contribution in [0.2, 0.25) is 0 Å². The number of aliphatic imine (C=N–C) groups is 1. The van der Waals surface area contributed by atoms with Gasteiger partial charge in [0, 0.05) is 36.9 Å². The number of nitrogens with zero attached hydrogens (tertiary/aromatic N) is 3. The Labute approximate surface area is 169 Å². The molecule has 1 aromatic heterocycles. The van der Waals surface area contributed by atoms with Gasteiger partial charge in [-0.1, -0.05) is 44.2 Å². The molecule has 6 nitrogen and oxygen atoms in total. The van der Waals surface area contributed by atoms with E-state index in [0.717, 1.165) is 37.0 Å². The first-order valence-corrected chi connectivity index (χ1v) is 9.98. The van der Waals surface area contributed by atoms with E-state index in [2.05, 4.69) is 73.8 Å². The lowest BCUT2D eigenvalue weighted by atomic mass is 9.85. The van der Waals surface area contributed by atoms with E-state index in [1.54, 1.807) is 7.11 Å². The summed E-state index contributed by atoms with van der Waals surface area (Å²) >= 11 is 0. The fourth-order valence-electron chi connectivity index (χ4n) is 3.15. The minimum atomic E-state index is 0.00826. The molecule has 0 aliphatic rings. The molecule has 0 radical (unpaired) electrons. The number of aromatic nitrogens is 2. The van der Waals surface area contributed by atoms with Crippen molar-refractivity contribution in [3.8, 4) is 0 Å². The molecule has 0 aliphatic heterocycles. The molecule has 28 heavy (non-hydrogen) atoms. The maximum Gasteiger partial charge on any atom is 0.191 e. The number of nitrogens with one attached hydrogen (secondary N) is 2. The molecule has 0 atom stereocenters. The Morgan fingerprint density at radius 1 is 1.18 bits per heavy atom. The summed E-state index contributed by atoms with van der Waals surface area (Å²) < 4.78 is 7.17. The summed E-state index contributed by atoms with van der Waals surface area (Å²) in [6, 6.07) is 10.6. The second-order valence-electron chi connectivity index (χ2n) is 7.66. The van der Waals surface area contributed by atoms with Crippen LogP contribution in [0.4, 0.5) is 0 Å². The van der Waals surface area contributed by atoms with Gasteiger partial charge in [-0.05, 0) is 26.3 Å². The van der Waals surface area contributed by atoms with Gasteiger partial charge in [0.15, 0.2) is 5.96 Å². The quantitative estimate of drug-likeness (QED) is 0.514. The van der Waals surface area contributed by atoms with Gasteiger partial charge in [-0.15, -0.1) is 0 Å². The predicted octanol–water partition coefficient (Wildman–Crippen LogP) is 3.18. The summed E-state index contributed by atoms with van der Waals surface area (Å²) in [5.41, 5.74) is 4.67. The fraction of sp³-hybridized carbons (Fsp3) is 0.545. The number of aryl methyl sites for hydroxylation is 1. The van der Waals surface area contributed by atoms with Gasteiger partial charge in [-0.25, -0.2) is 4.99 Å². The normalized spacial score (nSPS) is 12.3. The number of guanidine groups is 1. The van der Waals surface area contributed by atoms with Crippen LogP contribution in [-0.4, -0.2) is 42.5 Å². The van der Waals surface area contributed by atoms with Crippen molar-refractivity contribution in [3.05, 3.63) is 52.8 Å². The average Bonchev–Trinajstić information content (AvgIpc) is 2.96. The fourth-order valence-corrected chi connectivity index (χ4v) is 3.15. The summed E-state index contributed by atoms with van der Waals surface area (Å²) in [4.78, 5) is 4.81. The zero-order valence-corrected chi connectivity index (χ0v) is 18.2. The molecule has 6 heteroatoms. The molecular weight excluding hydrogens is 350 g/mol. The van der Waals surface area contributed by atoms with Crippen LogP contribution >= 0.6 is 0 Å². The molecule has 2 rings (SSSR count). The molecule has 1 aromatic carbocycles. The third kappa shape index (κ3) is 5.83. The third-order valence-corrected chi connectivity index (χ3v) is 5.03. The molecule has 0 spiro atoms. The van der Waals surface area contributed by atoms with Gasteiger partial charge in [0.05, 0.1) is 25.4 Å². The molecule has 0 saturated carbocycles. The highest BCUT2D eigenvalue weighted by molar-refractivity contribution is 5.79. The molecular formula is C22H35N5O. The van der Waals surface area contributed by atoms with Gasteiger partial charge < -0.3 is 15.4 Å². The lowest BCUT2D eigenvalue weighted by molar-refractivity contribution is 0.182. The highest BCUT2D eigenvalue weighted by atomic mass is 16.5. The molecule has 2 N–H and O–H groups in total. The van der Waals surface area contributed by atoms with E-state index >= 15 is 0 Å². The largest absolute Gasteiger partial charge is 0.383 e. The van der Waals surface area contributed by atoms with Gasteiger partial charge in [-0.2, -0.15) is 5.10 Å². The van der Waals surface area contributed by atoms with Crippen molar-refractivity contribution in [2.45, 2.75) is 53.1 Å². The second-order valence-corrected chi connectivity index (χ2v) is 7.66. The van der Waals surface area contributed by atoms with Crippen molar-refractivity contribution in [2.75, 3.05) is 26.8 Å². The van der Waals surface area contributed by atoms with Crippen LogP contribution < -0.4 is 10.6 Å². The Morgan fingerprint density at radius 3 is 2.54 bits per heavy atom. The minimum Gasteiger partial charge on any atom is -0.383 e. The summed E-state index contributed by atoms with van der Waals surface area (Å²) in [6.45, 7) is 14.3. The van der Waals surface area contributed by atoms with Crippen LogP contribution in [0.3, 0.4) is 0 Å². The number of hydrogen-bond donors (Lipinski definition) is 2. The monoisotopic (exact) mass is 385 g/mol. The summed E-state index contributed by atoms with van der Waals surface area (Å²) in [7, 11) is 1.71. The van der Waals surface area contributed by atoms with Crippen LogP contribution in [0, 0.1) is 13.8 Å². The van der Waals surface area contributed by atoms with Gasteiger partial charge in [-0.3, -0.25) is 4.68 Å². The number of benzene rings is 1. The van der Waals surface area contributed by atoms with Crippen LogP contribution in [0.15, 0.2) is 35.3 Å². The van der Waals surface area contributed by atoms with Crippen LogP contribution in [0.1, 0.15) is 43.3 Å². The molecule has 154 valence electrons. The molecule has 1 heterocycles. The standard InChI is InChI=1S/C22H35N5O/c1-7-23-21(25-16-22(4,5)19-11-9-8-10-12-19)24-15-20-17(2)26-27(18(20)3)13-14-28-6/h8-12H,7,13-16H2,1-6H3,(H2,23,24,25). The Kier molecular flexibility index (Phi) is 8.05. The van der Waals surface area contributed by atoms with Crippen molar-refractivity contribution in [1.82, 2.24) is 20.4 Å². The maximum absolute atomic E-state index is 5.17. The van der Waals surface area contributed by atoms with Crippen molar-refractivity contribution in [3.63, 3.8) is 0 Å². The highest BCUT2D eigenvalue weighted by Gasteiger charge is 2.20. The molecule has 2 aromatic rings. The predicted molar refractivity (Wildman–Crippen MR) is 116 cm³/mol. The smallest absolute Gasteiger partial charge is 0.191 e. The third-order valence-electron chi connectivity index (χ3n) is 5.03. The van der Waals surface area contributed by atoms with Crippen molar-refractivity contribution < 1.29 is 4.74 Å². The summed E-state index contributed by atoms with van der Waals surface area (Å²) in [6.07, 6.45) is 0. The van der Waals surface area contributed by atoms with E-state index in [4.69, 9.17) is 9.73 Å². The first-order valence-electron chi connectivity index (χ1n) is 9.98. The van der Waals surface area contributed by atoms with Crippen LogP contribution in [0.25, 0.3) is 0 Å². The summed E-state index contributed by atoms with van der Waals surface area (Å²) in [5, 5.41) is 11.5. The molecule has 0 amide bonds. The Hall–Kier alpha value is -2.34. The average molecular weight is 386 g/mol. The highest BCUT2D eigenvalue weighted by Crippen LogP contribution is 2.21. The van der Waals surface area contributed by atoms with E-state index in [0.29, 0.717) is 13.2 Å². The topological polar surface area (TPSA) is 63.5 Å². The molecule has 0 bridgehead atoms. The molecule has 0 unspecified atom stereocenters. The first kappa shape index (κ1) is 22.0. The summed E-state index contributed by atoms with van der Waals surface area (Å²) in [5.74, 6) is 0.829. The lowest BCUT2D eigenvalue weighted by Crippen LogP contribution is -2.43. The van der Waals surface area contributed by atoms with Crippen molar-refractivity contribution in [1.29, 1.82) is 0 Å². The Morgan fingerprint density at radius 2 is 1.89 bits per heavy atom. The van der Waals surface area contributed by atoms with E-state index in [9.17, 15) is 0 Å². The molecule has 0 fully saturated rings. The molecule has 0 aliphatic carbocycles. The van der Waals surface area contributed by atoms with E-state index in [-0.39, 0.29) is 5.41 Å². The Balaban J connectivity index is 2.07. The second kappa shape index (κ2) is 10.3. The number of ether oxygens (including phenoxy) is 1. The van der Waals surface area contributed by atoms with Gasteiger partial charge in [0.1, 0.15) is 0 Å². The number of methoxy groups -OCH3 is 1. The molecule has 0 saturated heterocycles. The zero-order valence-electron chi connectivity index (χ0n) is 18.2.